The smallest absolute Gasteiger partial charge is 0.224 e. The Balaban J connectivity index is 1.41. The number of carbonyl (C=O) groups excluding carboxylic acids is 1. The molecule has 26 heavy (non-hydrogen) atoms. The molecule has 1 saturated heterocycles. The Bertz CT molecular complexity index is 891. The van der Waals surface area contributed by atoms with Crippen molar-refractivity contribution in [1.29, 1.82) is 0 Å². The van der Waals surface area contributed by atoms with Crippen LogP contribution in [0.25, 0.3) is 10.9 Å². The van der Waals surface area contributed by atoms with Crippen LogP contribution in [0.3, 0.4) is 0 Å². The van der Waals surface area contributed by atoms with Gasteiger partial charge in [-0.25, -0.2) is 0 Å². The Kier molecular flexibility index (Phi) is 4.62. The van der Waals surface area contributed by atoms with Crippen molar-refractivity contribution >= 4 is 16.8 Å². The van der Waals surface area contributed by atoms with E-state index in [9.17, 15) is 9.90 Å². The monoisotopic (exact) mass is 351 g/mol. The van der Waals surface area contributed by atoms with Crippen LogP contribution in [-0.2, 0) is 17.8 Å². The Hall–Kier alpha value is -2.80. The lowest BCUT2D eigenvalue weighted by Gasteiger charge is -2.16. The van der Waals surface area contributed by atoms with Gasteiger partial charge in [-0.2, -0.15) is 0 Å². The number of fused-ring (bicyclic) bond motifs is 1. The first-order valence-corrected chi connectivity index (χ1v) is 8.81. The number of hydrogen-bond donors (Lipinski definition) is 1. The van der Waals surface area contributed by atoms with Crippen LogP contribution in [0.5, 0.6) is 0 Å². The second-order valence-electron chi connectivity index (χ2n) is 6.77. The zero-order chi connectivity index (χ0) is 17.9. The van der Waals surface area contributed by atoms with Crippen LogP contribution in [0.15, 0.2) is 49.2 Å². The quantitative estimate of drug-likeness (QED) is 0.748. The highest BCUT2D eigenvalue weighted by Gasteiger charge is 2.33. The molecule has 0 spiro atoms. The molecule has 1 aliphatic rings. The maximum absolute atomic E-state index is 12.4. The normalized spacial score (nSPS) is 20.0. The maximum Gasteiger partial charge on any atom is 0.224 e. The number of pyridine rings is 1. The number of amides is 1. The fourth-order valence-electron chi connectivity index (χ4n) is 3.59. The van der Waals surface area contributed by atoms with Gasteiger partial charge in [0.15, 0.2) is 0 Å². The summed E-state index contributed by atoms with van der Waals surface area (Å²) in [5, 5.41) is 19.0. The van der Waals surface area contributed by atoms with Gasteiger partial charge < -0.3 is 14.6 Å². The molecule has 7 heteroatoms. The third-order valence-corrected chi connectivity index (χ3v) is 5.03. The van der Waals surface area contributed by atoms with E-state index in [2.05, 4.69) is 21.2 Å². The summed E-state index contributed by atoms with van der Waals surface area (Å²) in [7, 11) is 0. The minimum atomic E-state index is -0.499. The van der Waals surface area contributed by atoms with Crippen LogP contribution in [0.1, 0.15) is 12.0 Å². The number of benzene rings is 1. The van der Waals surface area contributed by atoms with Crippen LogP contribution in [0.4, 0.5) is 0 Å². The van der Waals surface area contributed by atoms with E-state index >= 15 is 0 Å². The highest BCUT2D eigenvalue weighted by atomic mass is 16.3. The molecule has 0 radical (unpaired) electrons. The third-order valence-electron chi connectivity index (χ3n) is 5.03. The van der Waals surface area contributed by atoms with Crippen molar-refractivity contribution in [3.8, 4) is 0 Å². The zero-order valence-corrected chi connectivity index (χ0v) is 14.4. The number of carbonyl (C=O) groups is 1. The first-order chi connectivity index (χ1) is 12.7. The van der Waals surface area contributed by atoms with Crippen molar-refractivity contribution in [2.75, 3.05) is 13.1 Å². The topological polar surface area (TPSA) is 84.1 Å². The fraction of sp³-hybridized carbons (Fsp3) is 0.368. The summed E-state index contributed by atoms with van der Waals surface area (Å²) in [6.45, 7) is 1.53. The highest BCUT2D eigenvalue weighted by Crippen LogP contribution is 2.25. The number of likely N-dealkylation sites (tertiary alicyclic amines) is 1. The largest absolute Gasteiger partial charge is 0.391 e. The number of β-amino-alcohol motifs (C(OH)–C–C–N with tert-alkyl or cyclic N) is 1. The van der Waals surface area contributed by atoms with Gasteiger partial charge in [0.1, 0.15) is 12.7 Å². The molecule has 0 bridgehead atoms. The molecule has 1 amide bonds. The average Bonchev–Trinajstić information content (AvgIpc) is 3.30. The van der Waals surface area contributed by atoms with Crippen molar-refractivity contribution in [2.45, 2.75) is 25.5 Å². The molecule has 1 N–H and O–H groups in total. The molecular weight excluding hydrogens is 330 g/mol. The first-order valence-electron chi connectivity index (χ1n) is 8.81. The van der Waals surface area contributed by atoms with Gasteiger partial charge in [-0.3, -0.25) is 9.78 Å². The summed E-state index contributed by atoms with van der Waals surface area (Å²) < 4.78 is 1.78. The molecule has 3 aromatic rings. The molecule has 1 aliphatic heterocycles. The number of rotatable bonds is 5. The lowest BCUT2D eigenvalue weighted by atomic mass is 9.94. The maximum atomic E-state index is 12.4. The summed E-state index contributed by atoms with van der Waals surface area (Å²) in [6.07, 6.45) is 5.63. The number of hydrogen-bond acceptors (Lipinski definition) is 5. The van der Waals surface area contributed by atoms with Gasteiger partial charge in [0, 0.05) is 43.6 Å². The van der Waals surface area contributed by atoms with Gasteiger partial charge in [0.05, 0.1) is 11.6 Å². The Labute approximate surface area is 151 Å². The van der Waals surface area contributed by atoms with Crippen molar-refractivity contribution in [3.05, 3.63) is 54.7 Å². The van der Waals surface area contributed by atoms with Crippen LogP contribution >= 0.6 is 0 Å². The lowest BCUT2D eigenvalue weighted by Crippen LogP contribution is -2.30. The summed E-state index contributed by atoms with van der Waals surface area (Å²) >= 11 is 0. The van der Waals surface area contributed by atoms with Crippen LogP contribution in [0.2, 0.25) is 0 Å². The van der Waals surface area contributed by atoms with E-state index in [4.69, 9.17) is 0 Å². The van der Waals surface area contributed by atoms with Gasteiger partial charge in [0.25, 0.3) is 0 Å². The molecule has 2 aromatic heterocycles. The molecule has 134 valence electrons. The number of aliphatic hydroxyl groups excluding tert-OH is 1. The molecule has 1 aromatic carbocycles. The van der Waals surface area contributed by atoms with Gasteiger partial charge in [0.2, 0.25) is 5.91 Å². The van der Waals surface area contributed by atoms with Crippen LogP contribution in [-0.4, -0.2) is 54.9 Å². The number of aryl methyl sites for hydroxylation is 1. The summed E-state index contributed by atoms with van der Waals surface area (Å²) in [5.41, 5.74) is 2.12. The van der Waals surface area contributed by atoms with E-state index in [1.54, 1.807) is 28.3 Å². The average molecular weight is 351 g/mol. The van der Waals surface area contributed by atoms with Crippen molar-refractivity contribution < 1.29 is 9.90 Å². The second kappa shape index (κ2) is 7.21. The molecular formula is C19H21N5O2. The molecule has 2 atom stereocenters. The van der Waals surface area contributed by atoms with Crippen molar-refractivity contribution in [3.63, 3.8) is 0 Å². The van der Waals surface area contributed by atoms with Gasteiger partial charge >= 0.3 is 0 Å². The Morgan fingerprint density at radius 1 is 1.15 bits per heavy atom. The van der Waals surface area contributed by atoms with Crippen LogP contribution < -0.4 is 0 Å². The van der Waals surface area contributed by atoms with E-state index in [0.717, 1.165) is 17.3 Å². The fourth-order valence-corrected chi connectivity index (χ4v) is 3.59. The molecule has 0 aliphatic carbocycles. The summed E-state index contributed by atoms with van der Waals surface area (Å²) in [5.74, 6) is 0.0968. The predicted octanol–water partition coefficient (Wildman–Crippen LogP) is 1.28. The molecule has 1 fully saturated rings. The SMILES string of the molecule is O=C(CCn1cnnc1)N1C[C@@H](Cc2ccnc3ccccc23)[C@H](O)C1. The summed E-state index contributed by atoms with van der Waals surface area (Å²) in [6, 6.07) is 10.0. The van der Waals surface area contributed by atoms with E-state index in [1.807, 2.05) is 24.3 Å². The third kappa shape index (κ3) is 3.43. The van der Waals surface area contributed by atoms with Crippen LogP contribution in [0, 0.1) is 5.92 Å². The molecule has 4 rings (SSSR count). The number of para-hydroxylation sites is 1. The molecule has 3 heterocycles. The minimum absolute atomic E-state index is 0.0414. The number of aliphatic hydroxyl groups is 1. The summed E-state index contributed by atoms with van der Waals surface area (Å²) in [4.78, 5) is 18.6. The van der Waals surface area contributed by atoms with E-state index < -0.39 is 6.10 Å². The highest BCUT2D eigenvalue weighted by molar-refractivity contribution is 5.82. The van der Waals surface area contributed by atoms with E-state index in [-0.39, 0.29) is 11.8 Å². The van der Waals surface area contributed by atoms with Gasteiger partial charge in [-0.05, 0) is 24.1 Å². The van der Waals surface area contributed by atoms with E-state index in [0.29, 0.717) is 26.1 Å². The zero-order valence-electron chi connectivity index (χ0n) is 14.4. The van der Waals surface area contributed by atoms with Crippen molar-refractivity contribution in [1.82, 2.24) is 24.6 Å². The molecule has 0 saturated carbocycles. The number of nitrogens with zero attached hydrogens (tertiary/aromatic N) is 5. The minimum Gasteiger partial charge on any atom is -0.391 e. The predicted molar refractivity (Wildman–Crippen MR) is 96.2 cm³/mol. The Morgan fingerprint density at radius 3 is 2.81 bits per heavy atom. The van der Waals surface area contributed by atoms with Crippen molar-refractivity contribution in [2.24, 2.45) is 5.92 Å². The number of aromatic nitrogens is 4. The first kappa shape index (κ1) is 16.7. The molecule has 7 nitrogen and oxygen atoms in total. The van der Waals surface area contributed by atoms with E-state index in [1.165, 1.54) is 5.56 Å². The Morgan fingerprint density at radius 2 is 1.96 bits per heavy atom. The standard InChI is InChI=1S/C19H21N5O2/c25-18-11-24(19(26)6-8-23-12-21-22-13-23)10-15(18)9-14-5-7-20-17-4-2-1-3-16(14)17/h1-5,7,12-13,15,18,25H,6,8-11H2/t15-,18-/m1/s1. The van der Waals surface area contributed by atoms with Gasteiger partial charge in [-0.15, -0.1) is 10.2 Å². The lowest BCUT2D eigenvalue weighted by molar-refractivity contribution is -0.130. The molecule has 0 unspecified atom stereocenters. The second-order valence-corrected chi connectivity index (χ2v) is 6.77. The van der Waals surface area contributed by atoms with Gasteiger partial charge in [-0.1, -0.05) is 18.2 Å².